The van der Waals surface area contributed by atoms with E-state index in [1.165, 1.54) is 12.1 Å². The number of nitrogens with zero attached hydrogens (tertiary/aromatic N) is 1. The minimum absolute atomic E-state index is 0.0220. The first-order valence-electron chi connectivity index (χ1n) is 5.85. The van der Waals surface area contributed by atoms with Crippen molar-refractivity contribution >= 4 is 11.7 Å². The van der Waals surface area contributed by atoms with Crippen molar-refractivity contribution in [3.8, 4) is 11.5 Å². The van der Waals surface area contributed by atoms with Crippen molar-refractivity contribution in [3.05, 3.63) is 63.5 Å². The number of carbonyl (C=O) groups is 1. The van der Waals surface area contributed by atoms with Crippen LogP contribution in [0.2, 0.25) is 0 Å². The van der Waals surface area contributed by atoms with Gasteiger partial charge in [-0.25, -0.2) is 9.18 Å². The summed E-state index contributed by atoms with van der Waals surface area (Å²) in [5, 5.41) is 19.7. The summed E-state index contributed by atoms with van der Waals surface area (Å²) in [7, 11) is 0. The molecular formula is C14H10FNO5. The Morgan fingerprint density at radius 2 is 2.05 bits per heavy atom. The number of nitro groups is 1. The molecule has 2 rings (SSSR count). The van der Waals surface area contributed by atoms with E-state index in [4.69, 9.17) is 9.84 Å². The summed E-state index contributed by atoms with van der Waals surface area (Å²) in [5.74, 6) is -2.44. The van der Waals surface area contributed by atoms with E-state index in [1.807, 2.05) is 0 Å². The number of ether oxygens (including phenoxy) is 1. The highest BCUT2D eigenvalue weighted by molar-refractivity contribution is 5.88. The summed E-state index contributed by atoms with van der Waals surface area (Å²) in [6.45, 7) is 1.55. The Labute approximate surface area is 118 Å². The molecule has 0 unspecified atom stereocenters. The number of aromatic carboxylic acids is 1. The van der Waals surface area contributed by atoms with Gasteiger partial charge in [-0.1, -0.05) is 12.1 Å². The maximum absolute atomic E-state index is 13.5. The number of carboxylic acids is 1. The second-order valence-corrected chi connectivity index (χ2v) is 4.23. The molecule has 0 saturated heterocycles. The summed E-state index contributed by atoms with van der Waals surface area (Å²) >= 11 is 0. The molecule has 0 saturated carbocycles. The number of carboxylic acid groups (broad SMARTS) is 1. The van der Waals surface area contributed by atoms with Crippen molar-refractivity contribution in [2.75, 3.05) is 0 Å². The summed E-state index contributed by atoms with van der Waals surface area (Å²) < 4.78 is 18.8. The van der Waals surface area contributed by atoms with Gasteiger partial charge in [-0.3, -0.25) is 10.1 Å². The van der Waals surface area contributed by atoms with E-state index in [0.717, 1.165) is 12.1 Å². The fourth-order valence-electron chi connectivity index (χ4n) is 1.81. The van der Waals surface area contributed by atoms with Gasteiger partial charge in [-0.2, -0.15) is 0 Å². The Balaban J connectivity index is 2.39. The van der Waals surface area contributed by atoms with Crippen LogP contribution in [0.15, 0.2) is 36.4 Å². The lowest BCUT2D eigenvalue weighted by atomic mass is 10.2. The second-order valence-electron chi connectivity index (χ2n) is 4.23. The highest BCUT2D eigenvalue weighted by atomic mass is 19.1. The summed E-state index contributed by atoms with van der Waals surface area (Å²) in [6, 6.07) is 7.65. The van der Waals surface area contributed by atoms with Gasteiger partial charge in [0.15, 0.2) is 0 Å². The minimum atomic E-state index is -1.40. The number of nitro benzene ring substituents is 1. The van der Waals surface area contributed by atoms with Gasteiger partial charge in [-0.15, -0.1) is 0 Å². The summed E-state index contributed by atoms with van der Waals surface area (Å²) in [5.41, 5.74) is -0.318. The largest absolute Gasteiger partial charge is 0.478 e. The van der Waals surface area contributed by atoms with Crippen LogP contribution in [0.5, 0.6) is 11.5 Å². The van der Waals surface area contributed by atoms with Crippen LogP contribution in [0, 0.1) is 22.9 Å². The third-order valence-electron chi connectivity index (χ3n) is 2.78. The van der Waals surface area contributed by atoms with Crippen molar-refractivity contribution in [3.63, 3.8) is 0 Å². The first kappa shape index (κ1) is 14.4. The highest BCUT2D eigenvalue weighted by Crippen LogP contribution is 2.34. The molecule has 0 aliphatic carbocycles. The lowest BCUT2D eigenvalue weighted by Gasteiger charge is -2.08. The van der Waals surface area contributed by atoms with Gasteiger partial charge in [0.1, 0.15) is 11.6 Å². The Hall–Kier alpha value is -2.96. The number of benzene rings is 2. The number of aryl methyl sites for hydroxylation is 1. The lowest BCUT2D eigenvalue weighted by Crippen LogP contribution is -2.01. The molecule has 0 aliphatic heterocycles. The second kappa shape index (κ2) is 5.58. The normalized spacial score (nSPS) is 10.2. The van der Waals surface area contributed by atoms with E-state index in [-0.39, 0.29) is 17.2 Å². The van der Waals surface area contributed by atoms with E-state index >= 15 is 0 Å². The fraction of sp³-hybridized carbons (Fsp3) is 0.0714. The van der Waals surface area contributed by atoms with Crippen molar-refractivity contribution in [1.29, 1.82) is 0 Å². The molecular weight excluding hydrogens is 281 g/mol. The van der Waals surface area contributed by atoms with Crippen LogP contribution in [-0.4, -0.2) is 16.0 Å². The molecule has 0 atom stereocenters. The van der Waals surface area contributed by atoms with Crippen LogP contribution < -0.4 is 4.74 Å². The zero-order chi connectivity index (χ0) is 15.6. The predicted octanol–water partition coefficient (Wildman–Crippen LogP) is 3.53. The lowest BCUT2D eigenvalue weighted by molar-refractivity contribution is -0.386. The van der Waals surface area contributed by atoms with Crippen LogP contribution in [0.25, 0.3) is 0 Å². The fourth-order valence-corrected chi connectivity index (χ4v) is 1.81. The van der Waals surface area contributed by atoms with Gasteiger partial charge in [0.2, 0.25) is 5.75 Å². The quantitative estimate of drug-likeness (QED) is 0.687. The van der Waals surface area contributed by atoms with Gasteiger partial charge in [-0.05, 0) is 25.1 Å². The maximum atomic E-state index is 13.5. The molecule has 7 heteroatoms. The van der Waals surface area contributed by atoms with Gasteiger partial charge in [0.05, 0.1) is 10.5 Å². The summed E-state index contributed by atoms with van der Waals surface area (Å²) in [6.07, 6.45) is 0. The number of hydrogen-bond donors (Lipinski definition) is 1. The molecule has 2 aromatic rings. The standard InChI is InChI=1S/C14H10FNO5/c1-8-3-2-4-12(13(8)16(19)20)21-9-5-6-10(14(17)18)11(15)7-9/h2-7H,1H3,(H,17,18). The number of hydrogen-bond acceptors (Lipinski definition) is 4. The minimum Gasteiger partial charge on any atom is -0.478 e. The molecule has 0 aromatic heterocycles. The highest BCUT2D eigenvalue weighted by Gasteiger charge is 2.19. The predicted molar refractivity (Wildman–Crippen MR) is 71.3 cm³/mol. The monoisotopic (exact) mass is 291 g/mol. The van der Waals surface area contributed by atoms with Crippen LogP contribution in [0.4, 0.5) is 10.1 Å². The van der Waals surface area contributed by atoms with Crippen LogP contribution in [-0.2, 0) is 0 Å². The van der Waals surface area contributed by atoms with Crippen LogP contribution in [0.1, 0.15) is 15.9 Å². The molecule has 1 N–H and O–H groups in total. The van der Waals surface area contributed by atoms with E-state index in [1.54, 1.807) is 19.1 Å². The van der Waals surface area contributed by atoms with Gasteiger partial charge in [0, 0.05) is 11.6 Å². The number of para-hydroxylation sites is 1. The van der Waals surface area contributed by atoms with Crippen molar-refractivity contribution in [2.24, 2.45) is 0 Å². The zero-order valence-electron chi connectivity index (χ0n) is 10.9. The smallest absolute Gasteiger partial charge is 0.338 e. The van der Waals surface area contributed by atoms with E-state index in [2.05, 4.69) is 0 Å². The average Bonchev–Trinajstić information content (AvgIpc) is 2.37. The SMILES string of the molecule is Cc1cccc(Oc2ccc(C(=O)O)c(F)c2)c1[N+](=O)[O-]. The Morgan fingerprint density at radius 1 is 1.33 bits per heavy atom. The number of halogens is 1. The molecule has 6 nitrogen and oxygen atoms in total. The number of rotatable bonds is 4. The first-order chi connectivity index (χ1) is 9.90. The summed E-state index contributed by atoms with van der Waals surface area (Å²) in [4.78, 5) is 21.1. The van der Waals surface area contributed by atoms with E-state index in [9.17, 15) is 19.3 Å². The van der Waals surface area contributed by atoms with Gasteiger partial charge in [0.25, 0.3) is 0 Å². The molecule has 0 amide bonds. The van der Waals surface area contributed by atoms with E-state index < -0.39 is 22.3 Å². The Kier molecular flexibility index (Phi) is 3.84. The molecule has 108 valence electrons. The van der Waals surface area contributed by atoms with E-state index in [0.29, 0.717) is 5.56 Å². The first-order valence-corrected chi connectivity index (χ1v) is 5.85. The van der Waals surface area contributed by atoms with Gasteiger partial charge < -0.3 is 9.84 Å². The molecule has 0 aliphatic rings. The molecule has 2 aromatic carbocycles. The molecule has 0 fully saturated rings. The maximum Gasteiger partial charge on any atom is 0.338 e. The van der Waals surface area contributed by atoms with Crippen molar-refractivity contribution in [2.45, 2.75) is 6.92 Å². The van der Waals surface area contributed by atoms with Crippen molar-refractivity contribution in [1.82, 2.24) is 0 Å². The average molecular weight is 291 g/mol. The molecule has 0 spiro atoms. The van der Waals surface area contributed by atoms with Crippen molar-refractivity contribution < 1.29 is 24.0 Å². The molecule has 0 heterocycles. The molecule has 21 heavy (non-hydrogen) atoms. The van der Waals surface area contributed by atoms with Crippen LogP contribution in [0.3, 0.4) is 0 Å². The zero-order valence-corrected chi connectivity index (χ0v) is 10.9. The topological polar surface area (TPSA) is 89.7 Å². The van der Waals surface area contributed by atoms with Gasteiger partial charge >= 0.3 is 11.7 Å². The Bertz CT molecular complexity index is 729. The molecule has 0 radical (unpaired) electrons. The Morgan fingerprint density at radius 3 is 2.62 bits per heavy atom. The third kappa shape index (κ3) is 2.97. The third-order valence-corrected chi connectivity index (χ3v) is 2.78. The van der Waals surface area contributed by atoms with Crippen LogP contribution >= 0.6 is 0 Å². The molecule has 0 bridgehead atoms.